The summed E-state index contributed by atoms with van der Waals surface area (Å²) in [6.45, 7) is 1.61. The van der Waals surface area contributed by atoms with Crippen molar-refractivity contribution in [1.82, 2.24) is 4.72 Å². The van der Waals surface area contributed by atoms with Crippen molar-refractivity contribution < 1.29 is 13.3 Å². The summed E-state index contributed by atoms with van der Waals surface area (Å²) in [5.74, 6) is 0. The fraction of sp³-hybridized carbons (Fsp3) is 0.300. The van der Waals surface area contributed by atoms with Crippen LogP contribution < -0.4 is 4.72 Å². The topological polar surface area (TPSA) is 113 Å². The molecular formula is C10H9Cl2N3O4S. The van der Waals surface area contributed by atoms with Crippen LogP contribution in [-0.4, -0.2) is 19.4 Å². The van der Waals surface area contributed by atoms with Gasteiger partial charge in [0, 0.05) is 0 Å². The SMILES string of the molecule is CCC(C#N)NS(=O)(=O)c1ccc(Cl)c([N+](=O)[O-])c1Cl. The zero-order valence-corrected chi connectivity index (χ0v) is 12.5. The Morgan fingerprint density at radius 2 is 2.10 bits per heavy atom. The van der Waals surface area contributed by atoms with Gasteiger partial charge in [-0.05, 0) is 18.6 Å². The lowest BCUT2D eigenvalue weighted by molar-refractivity contribution is -0.384. The Hall–Kier alpha value is -1.40. The molecule has 20 heavy (non-hydrogen) atoms. The maximum Gasteiger partial charge on any atom is 0.307 e. The predicted octanol–water partition coefficient (Wildman–Crippen LogP) is 2.48. The third-order valence-electron chi connectivity index (χ3n) is 2.37. The molecule has 7 nitrogen and oxygen atoms in total. The van der Waals surface area contributed by atoms with Crippen molar-refractivity contribution in [2.75, 3.05) is 0 Å². The van der Waals surface area contributed by atoms with Gasteiger partial charge >= 0.3 is 5.69 Å². The lowest BCUT2D eigenvalue weighted by Gasteiger charge is -2.11. The Bertz CT molecular complexity index is 684. The molecule has 0 bridgehead atoms. The molecule has 0 heterocycles. The highest BCUT2D eigenvalue weighted by molar-refractivity contribution is 7.89. The van der Waals surface area contributed by atoms with Crippen molar-refractivity contribution in [2.24, 2.45) is 0 Å². The number of nitro groups is 1. The molecule has 0 amide bonds. The van der Waals surface area contributed by atoms with Gasteiger partial charge in [0.25, 0.3) is 0 Å². The molecule has 0 aliphatic heterocycles. The summed E-state index contributed by atoms with van der Waals surface area (Å²) in [7, 11) is -4.15. The van der Waals surface area contributed by atoms with Crippen LogP contribution in [0.4, 0.5) is 5.69 Å². The Morgan fingerprint density at radius 1 is 1.50 bits per heavy atom. The molecule has 1 aromatic rings. The van der Waals surface area contributed by atoms with Gasteiger partial charge < -0.3 is 0 Å². The molecule has 0 aliphatic carbocycles. The Kier molecular flexibility index (Phi) is 5.30. The maximum atomic E-state index is 12.1. The molecular weight excluding hydrogens is 329 g/mol. The van der Waals surface area contributed by atoms with E-state index in [0.717, 1.165) is 12.1 Å². The van der Waals surface area contributed by atoms with Crippen LogP contribution in [0.15, 0.2) is 17.0 Å². The Labute approximate surface area is 125 Å². The van der Waals surface area contributed by atoms with Crippen LogP contribution in [0.1, 0.15) is 13.3 Å². The number of hydrogen-bond donors (Lipinski definition) is 1. The second-order valence-electron chi connectivity index (χ2n) is 3.68. The van der Waals surface area contributed by atoms with E-state index >= 15 is 0 Å². The van der Waals surface area contributed by atoms with Crippen molar-refractivity contribution in [3.05, 3.63) is 32.3 Å². The van der Waals surface area contributed by atoms with Gasteiger partial charge in [-0.2, -0.15) is 9.98 Å². The second-order valence-corrected chi connectivity index (χ2v) is 6.14. The molecule has 0 aromatic heterocycles. The molecule has 0 fully saturated rings. The molecule has 10 heteroatoms. The molecule has 0 radical (unpaired) electrons. The highest BCUT2D eigenvalue weighted by atomic mass is 35.5. The van der Waals surface area contributed by atoms with E-state index < -0.39 is 36.6 Å². The van der Waals surface area contributed by atoms with Gasteiger partial charge in [0.2, 0.25) is 10.0 Å². The van der Waals surface area contributed by atoms with Gasteiger partial charge in [-0.15, -0.1) is 0 Å². The molecule has 0 saturated carbocycles. The molecule has 1 unspecified atom stereocenters. The Morgan fingerprint density at radius 3 is 2.55 bits per heavy atom. The summed E-state index contributed by atoms with van der Waals surface area (Å²) in [6.07, 6.45) is 0.239. The summed E-state index contributed by atoms with van der Waals surface area (Å²) >= 11 is 11.3. The van der Waals surface area contributed by atoms with Crippen molar-refractivity contribution in [1.29, 1.82) is 5.26 Å². The minimum absolute atomic E-state index is 0.239. The smallest absolute Gasteiger partial charge is 0.258 e. The number of nitrogens with one attached hydrogen (secondary N) is 1. The molecule has 1 atom stereocenters. The lowest BCUT2D eigenvalue weighted by Crippen LogP contribution is -2.33. The van der Waals surface area contributed by atoms with Gasteiger partial charge in [0.1, 0.15) is 21.0 Å². The summed E-state index contributed by atoms with van der Waals surface area (Å²) in [4.78, 5) is 9.46. The van der Waals surface area contributed by atoms with Crippen LogP contribution in [0.25, 0.3) is 0 Å². The van der Waals surface area contributed by atoms with Gasteiger partial charge in [0.05, 0.1) is 11.0 Å². The van der Waals surface area contributed by atoms with Crippen molar-refractivity contribution in [3.63, 3.8) is 0 Å². The minimum atomic E-state index is -4.15. The zero-order chi connectivity index (χ0) is 15.5. The summed E-state index contributed by atoms with van der Waals surface area (Å²) in [5, 5.41) is 18.7. The van der Waals surface area contributed by atoms with Crippen molar-refractivity contribution in [2.45, 2.75) is 24.3 Å². The number of halogens is 2. The summed E-state index contributed by atoms with van der Waals surface area (Å²) in [5.41, 5.74) is -0.693. The van der Waals surface area contributed by atoms with E-state index in [1.807, 2.05) is 0 Å². The number of nitro benzene ring substituents is 1. The van der Waals surface area contributed by atoms with E-state index in [0.29, 0.717) is 0 Å². The van der Waals surface area contributed by atoms with E-state index in [-0.39, 0.29) is 11.4 Å². The first-order chi connectivity index (χ1) is 9.24. The van der Waals surface area contributed by atoms with Gasteiger partial charge in [-0.25, -0.2) is 8.42 Å². The normalized spacial score (nSPS) is 12.7. The van der Waals surface area contributed by atoms with Crippen LogP contribution >= 0.6 is 23.2 Å². The van der Waals surface area contributed by atoms with Gasteiger partial charge in [-0.3, -0.25) is 10.1 Å². The highest BCUT2D eigenvalue weighted by Crippen LogP contribution is 2.37. The van der Waals surface area contributed by atoms with Crippen molar-refractivity contribution in [3.8, 4) is 6.07 Å². The highest BCUT2D eigenvalue weighted by Gasteiger charge is 2.28. The van der Waals surface area contributed by atoms with Crippen LogP contribution in [-0.2, 0) is 10.0 Å². The van der Waals surface area contributed by atoms with Gasteiger partial charge in [-0.1, -0.05) is 30.1 Å². The molecule has 0 spiro atoms. The number of nitrogens with zero attached hydrogens (tertiary/aromatic N) is 2. The average Bonchev–Trinajstić information content (AvgIpc) is 2.35. The second kappa shape index (κ2) is 6.37. The van der Waals surface area contributed by atoms with Crippen LogP contribution in [0.3, 0.4) is 0 Å². The third-order valence-corrected chi connectivity index (χ3v) is 4.68. The quantitative estimate of drug-likeness (QED) is 0.654. The fourth-order valence-electron chi connectivity index (χ4n) is 1.35. The molecule has 0 aliphatic rings. The predicted molar refractivity (Wildman–Crippen MR) is 73.1 cm³/mol. The lowest BCUT2D eigenvalue weighted by atomic mass is 10.3. The number of rotatable bonds is 5. The van der Waals surface area contributed by atoms with Crippen LogP contribution in [0.2, 0.25) is 10.0 Å². The van der Waals surface area contributed by atoms with Crippen LogP contribution in [0.5, 0.6) is 0 Å². The zero-order valence-electron chi connectivity index (χ0n) is 10.1. The number of hydrogen-bond acceptors (Lipinski definition) is 5. The molecule has 108 valence electrons. The molecule has 1 N–H and O–H groups in total. The first-order valence-corrected chi connectivity index (χ1v) is 7.52. The Balaban J connectivity index is 3.38. The first-order valence-electron chi connectivity index (χ1n) is 5.29. The first kappa shape index (κ1) is 16.7. The average molecular weight is 338 g/mol. The molecule has 0 saturated heterocycles. The third kappa shape index (κ3) is 3.37. The maximum absolute atomic E-state index is 12.1. The standard InChI is InChI=1S/C10H9Cl2N3O4S/c1-2-6(5-13)14-20(18,19)8-4-3-7(11)10(9(8)12)15(16)17/h3-4,6,14H,2H2,1H3. The number of benzene rings is 1. The van der Waals surface area contributed by atoms with Crippen LogP contribution in [0, 0.1) is 21.4 Å². The van der Waals surface area contributed by atoms with E-state index in [4.69, 9.17) is 28.5 Å². The largest absolute Gasteiger partial charge is 0.307 e. The minimum Gasteiger partial charge on any atom is -0.258 e. The summed E-state index contributed by atoms with van der Waals surface area (Å²) in [6, 6.07) is 2.91. The molecule has 1 rings (SSSR count). The monoisotopic (exact) mass is 337 g/mol. The van der Waals surface area contributed by atoms with E-state index in [1.165, 1.54) is 0 Å². The number of sulfonamides is 1. The van der Waals surface area contributed by atoms with E-state index in [9.17, 15) is 18.5 Å². The van der Waals surface area contributed by atoms with E-state index in [1.54, 1.807) is 13.0 Å². The number of nitriles is 1. The fourth-order valence-corrected chi connectivity index (χ4v) is 3.46. The molecule has 1 aromatic carbocycles. The summed E-state index contributed by atoms with van der Waals surface area (Å²) < 4.78 is 26.2. The van der Waals surface area contributed by atoms with Crippen molar-refractivity contribution >= 4 is 38.9 Å². The van der Waals surface area contributed by atoms with Gasteiger partial charge in [0.15, 0.2) is 0 Å². The van der Waals surface area contributed by atoms with E-state index in [2.05, 4.69) is 4.72 Å².